The van der Waals surface area contributed by atoms with E-state index < -0.39 is 0 Å². The van der Waals surface area contributed by atoms with Gasteiger partial charge in [-0.15, -0.1) is 11.6 Å². The number of benzene rings is 1. The molecule has 1 N–H and O–H groups in total. The molecule has 0 bridgehead atoms. The SMILES string of the molecule is Cc1cc(NC(=O)CN(C)C(=O)CCl)ccc1Br. The molecule has 0 aliphatic rings. The largest absolute Gasteiger partial charge is 0.335 e. The van der Waals surface area contributed by atoms with Crippen LogP contribution in [-0.4, -0.2) is 36.2 Å². The number of halogens is 2. The van der Waals surface area contributed by atoms with Gasteiger partial charge in [0.15, 0.2) is 0 Å². The van der Waals surface area contributed by atoms with E-state index in [0.29, 0.717) is 5.69 Å². The highest BCUT2D eigenvalue weighted by atomic mass is 79.9. The third-order valence-electron chi connectivity index (χ3n) is 2.36. The van der Waals surface area contributed by atoms with Crippen LogP contribution in [0, 0.1) is 6.92 Å². The summed E-state index contributed by atoms with van der Waals surface area (Å²) in [7, 11) is 1.54. The zero-order valence-corrected chi connectivity index (χ0v) is 12.5. The van der Waals surface area contributed by atoms with Gasteiger partial charge in [-0.05, 0) is 30.7 Å². The average molecular weight is 334 g/mol. The van der Waals surface area contributed by atoms with Gasteiger partial charge in [0.25, 0.3) is 0 Å². The summed E-state index contributed by atoms with van der Waals surface area (Å²) in [6.07, 6.45) is 0. The van der Waals surface area contributed by atoms with Crippen LogP contribution in [0.1, 0.15) is 5.56 Å². The molecular formula is C12H14BrClN2O2. The Labute approximate surface area is 119 Å². The Morgan fingerprint density at radius 3 is 2.67 bits per heavy atom. The van der Waals surface area contributed by atoms with Crippen molar-refractivity contribution in [3.63, 3.8) is 0 Å². The van der Waals surface area contributed by atoms with Crippen molar-refractivity contribution < 1.29 is 9.59 Å². The van der Waals surface area contributed by atoms with Crippen molar-refractivity contribution in [3.05, 3.63) is 28.2 Å². The van der Waals surface area contributed by atoms with Gasteiger partial charge in [-0.1, -0.05) is 15.9 Å². The van der Waals surface area contributed by atoms with Gasteiger partial charge >= 0.3 is 0 Å². The lowest BCUT2D eigenvalue weighted by Crippen LogP contribution is -2.35. The molecule has 6 heteroatoms. The van der Waals surface area contributed by atoms with Gasteiger partial charge in [-0.2, -0.15) is 0 Å². The molecule has 0 saturated carbocycles. The number of likely N-dealkylation sites (N-methyl/N-ethyl adjacent to an activating group) is 1. The zero-order valence-electron chi connectivity index (χ0n) is 10.2. The van der Waals surface area contributed by atoms with Crippen LogP contribution in [0.4, 0.5) is 5.69 Å². The zero-order chi connectivity index (χ0) is 13.7. The first-order valence-electron chi connectivity index (χ1n) is 5.30. The Bertz CT molecular complexity index is 465. The molecule has 0 spiro atoms. The maximum Gasteiger partial charge on any atom is 0.243 e. The number of amides is 2. The Hall–Kier alpha value is -1.07. The van der Waals surface area contributed by atoms with Crippen LogP contribution in [0.15, 0.2) is 22.7 Å². The first-order chi connectivity index (χ1) is 8.43. The number of carbonyl (C=O) groups excluding carboxylic acids is 2. The van der Waals surface area contributed by atoms with Gasteiger partial charge in [-0.3, -0.25) is 9.59 Å². The van der Waals surface area contributed by atoms with Crippen molar-refractivity contribution in [2.75, 3.05) is 24.8 Å². The Kier molecular flexibility index (Phi) is 5.62. The van der Waals surface area contributed by atoms with Crippen molar-refractivity contribution in [2.45, 2.75) is 6.92 Å². The number of carbonyl (C=O) groups is 2. The topological polar surface area (TPSA) is 49.4 Å². The van der Waals surface area contributed by atoms with Crippen LogP contribution in [0.25, 0.3) is 0 Å². The van der Waals surface area contributed by atoms with Gasteiger partial charge in [0.05, 0.1) is 6.54 Å². The minimum atomic E-state index is -0.279. The number of hydrogen-bond acceptors (Lipinski definition) is 2. The number of hydrogen-bond donors (Lipinski definition) is 1. The summed E-state index contributed by atoms with van der Waals surface area (Å²) in [6.45, 7) is 1.92. The predicted octanol–water partition coefficient (Wildman–Crippen LogP) is 2.39. The molecule has 1 aromatic rings. The van der Waals surface area contributed by atoms with Crippen molar-refractivity contribution in [1.82, 2.24) is 4.90 Å². The van der Waals surface area contributed by atoms with E-state index in [1.807, 2.05) is 19.1 Å². The lowest BCUT2D eigenvalue weighted by Gasteiger charge is -2.15. The van der Waals surface area contributed by atoms with Crippen molar-refractivity contribution in [2.24, 2.45) is 0 Å². The third-order valence-corrected chi connectivity index (χ3v) is 3.48. The van der Waals surface area contributed by atoms with E-state index in [4.69, 9.17) is 11.6 Å². The van der Waals surface area contributed by atoms with E-state index in [0.717, 1.165) is 10.0 Å². The van der Waals surface area contributed by atoms with Crippen molar-refractivity contribution >= 4 is 45.0 Å². The molecule has 0 radical (unpaired) electrons. The second-order valence-electron chi connectivity index (χ2n) is 3.90. The molecule has 4 nitrogen and oxygen atoms in total. The molecule has 0 unspecified atom stereocenters. The van der Waals surface area contributed by atoms with Gasteiger partial charge in [0.2, 0.25) is 11.8 Å². The smallest absolute Gasteiger partial charge is 0.243 e. The van der Waals surface area contributed by atoms with E-state index in [1.54, 1.807) is 6.07 Å². The lowest BCUT2D eigenvalue weighted by molar-refractivity contribution is -0.131. The average Bonchev–Trinajstić information content (AvgIpc) is 2.32. The van der Waals surface area contributed by atoms with Crippen LogP contribution in [0.2, 0.25) is 0 Å². The van der Waals surface area contributed by atoms with E-state index in [1.165, 1.54) is 11.9 Å². The van der Waals surface area contributed by atoms with Crippen LogP contribution in [-0.2, 0) is 9.59 Å². The maximum atomic E-state index is 11.7. The normalized spacial score (nSPS) is 10.0. The summed E-state index contributed by atoms with van der Waals surface area (Å²) in [5, 5.41) is 2.72. The lowest BCUT2D eigenvalue weighted by atomic mass is 10.2. The summed E-state index contributed by atoms with van der Waals surface area (Å²) in [5.74, 6) is -0.655. The van der Waals surface area contributed by atoms with E-state index in [2.05, 4.69) is 21.2 Å². The Morgan fingerprint density at radius 2 is 2.11 bits per heavy atom. The fourth-order valence-electron chi connectivity index (χ4n) is 1.33. The highest BCUT2D eigenvalue weighted by molar-refractivity contribution is 9.10. The van der Waals surface area contributed by atoms with Gasteiger partial charge in [-0.25, -0.2) is 0 Å². The van der Waals surface area contributed by atoms with Crippen molar-refractivity contribution in [3.8, 4) is 0 Å². The second kappa shape index (κ2) is 6.75. The Balaban J connectivity index is 2.59. The van der Waals surface area contributed by atoms with E-state index >= 15 is 0 Å². The first-order valence-corrected chi connectivity index (χ1v) is 6.62. The van der Waals surface area contributed by atoms with Crippen LogP contribution in [0.3, 0.4) is 0 Å². The monoisotopic (exact) mass is 332 g/mol. The fraction of sp³-hybridized carbons (Fsp3) is 0.333. The summed E-state index contributed by atoms with van der Waals surface area (Å²) in [4.78, 5) is 24.2. The van der Waals surface area contributed by atoms with Crippen molar-refractivity contribution in [1.29, 1.82) is 0 Å². The molecule has 0 aliphatic heterocycles. The number of nitrogens with one attached hydrogen (secondary N) is 1. The summed E-state index contributed by atoms with van der Waals surface area (Å²) in [6, 6.07) is 5.50. The number of nitrogens with zero attached hydrogens (tertiary/aromatic N) is 1. The van der Waals surface area contributed by atoms with Gasteiger partial charge in [0, 0.05) is 17.2 Å². The fourth-order valence-corrected chi connectivity index (χ4v) is 1.78. The number of rotatable bonds is 4. The molecule has 0 fully saturated rings. The number of aryl methyl sites for hydroxylation is 1. The second-order valence-corrected chi connectivity index (χ2v) is 5.02. The molecule has 18 heavy (non-hydrogen) atoms. The highest BCUT2D eigenvalue weighted by Gasteiger charge is 2.11. The summed E-state index contributed by atoms with van der Waals surface area (Å²) >= 11 is 8.78. The first kappa shape index (κ1) is 15.0. The molecule has 0 atom stereocenters. The molecule has 0 aromatic heterocycles. The predicted molar refractivity (Wildman–Crippen MR) is 75.9 cm³/mol. The van der Waals surface area contributed by atoms with Crippen LogP contribution >= 0.6 is 27.5 Å². The molecule has 0 heterocycles. The molecule has 0 saturated heterocycles. The number of anilines is 1. The molecule has 1 rings (SSSR count). The minimum absolute atomic E-state index is 0.0132. The summed E-state index contributed by atoms with van der Waals surface area (Å²) in [5.41, 5.74) is 1.73. The molecule has 0 aliphatic carbocycles. The molecule has 2 amide bonds. The molecule has 98 valence electrons. The number of alkyl halides is 1. The standard InChI is InChI=1S/C12H14BrClN2O2/c1-8-5-9(3-4-10(8)13)15-11(17)7-16(2)12(18)6-14/h3-5H,6-7H2,1-2H3,(H,15,17). The maximum absolute atomic E-state index is 11.7. The summed E-state index contributed by atoms with van der Waals surface area (Å²) < 4.78 is 0.981. The van der Waals surface area contributed by atoms with E-state index in [-0.39, 0.29) is 24.2 Å². The molecular weight excluding hydrogens is 320 g/mol. The molecule has 1 aromatic carbocycles. The van der Waals surface area contributed by atoms with Gasteiger partial charge in [0.1, 0.15) is 5.88 Å². The third kappa shape index (κ3) is 4.31. The Morgan fingerprint density at radius 1 is 1.44 bits per heavy atom. The van der Waals surface area contributed by atoms with Crippen LogP contribution in [0.5, 0.6) is 0 Å². The van der Waals surface area contributed by atoms with E-state index in [9.17, 15) is 9.59 Å². The van der Waals surface area contributed by atoms with Crippen LogP contribution < -0.4 is 5.32 Å². The highest BCUT2D eigenvalue weighted by Crippen LogP contribution is 2.19. The quantitative estimate of drug-likeness (QED) is 0.860. The van der Waals surface area contributed by atoms with Gasteiger partial charge < -0.3 is 10.2 Å². The minimum Gasteiger partial charge on any atom is -0.335 e.